The van der Waals surface area contributed by atoms with Crippen molar-refractivity contribution >= 4 is 11.9 Å². The summed E-state index contributed by atoms with van der Waals surface area (Å²) in [6.07, 6.45) is 0. The number of hydrogen-bond donors (Lipinski definition) is 4. The van der Waals surface area contributed by atoms with Crippen LogP contribution < -0.4 is 11.1 Å². The van der Waals surface area contributed by atoms with E-state index in [0.29, 0.717) is 5.56 Å². The first-order chi connectivity index (χ1) is 8.06. The third kappa shape index (κ3) is 3.54. The Morgan fingerprint density at radius 3 is 2.35 bits per heavy atom. The maximum atomic E-state index is 11.6. The molecule has 5 N–H and O–H groups in total. The van der Waals surface area contributed by atoms with Crippen molar-refractivity contribution in [3.8, 4) is 0 Å². The summed E-state index contributed by atoms with van der Waals surface area (Å²) in [5, 5.41) is 19.6. The van der Waals surface area contributed by atoms with Gasteiger partial charge in [-0.3, -0.25) is 4.79 Å². The molecule has 6 nitrogen and oxygen atoms in total. The van der Waals surface area contributed by atoms with Crippen LogP contribution >= 0.6 is 0 Å². The van der Waals surface area contributed by atoms with Crippen LogP contribution in [0.4, 0.5) is 0 Å². The van der Waals surface area contributed by atoms with Crippen LogP contribution in [0.3, 0.4) is 0 Å². The number of aliphatic hydroxyl groups excluding tert-OH is 1. The van der Waals surface area contributed by atoms with Crippen molar-refractivity contribution in [2.24, 2.45) is 5.73 Å². The van der Waals surface area contributed by atoms with E-state index in [1.54, 1.807) is 30.3 Å². The number of aliphatic carboxylic acids is 1. The smallest absolute Gasteiger partial charge is 0.328 e. The fourth-order valence-corrected chi connectivity index (χ4v) is 1.26. The molecule has 1 aromatic rings. The molecule has 0 aliphatic carbocycles. The van der Waals surface area contributed by atoms with E-state index in [1.807, 2.05) is 0 Å². The predicted molar refractivity (Wildman–Crippen MR) is 60.0 cm³/mol. The van der Waals surface area contributed by atoms with E-state index in [-0.39, 0.29) is 0 Å². The number of amides is 1. The molecule has 0 spiro atoms. The van der Waals surface area contributed by atoms with E-state index >= 15 is 0 Å². The monoisotopic (exact) mass is 238 g/mol. The summed E-state index contributed by atoms with van der Waals surface area (Å²) >= 11 is 0. The molecule has 17 heavy (non-hydrogen) atoms. The molecule has 0 aromatic heterocycles. The summed E-state index contributed by atoms with van der Waals surface area (Å²) in [5.41, 5.74) is 6.23. The summed E-state index contributed by atoms with van der Waals surface area (Å²) in [6.45, 7) is -0.678. The first-order valence-electron chi connectivity index (χ1n) is 5.01. The zero-order valence-corrected chi connectivity index (χ0v) is 9.04. The van der Waals surface area contributed by atoms with Crippen LogP contribution in [0.1, 0.15) is 11.6 Å². The van der Waals surface area contributed by atoms with Crippen LogP contribution in [0, 0.1) is 0 Å². The highest BCUT2D eigenvalue weighted by Gasteiger charge is 2.23. The molecule has 0 bridgehead atoms. The number of carbonyl (C=O) groups excluding carboxylic acids is 1. The first-order valence-corrected chi connectivity index (χ1v) is 5.01. The number of aliphatic hydroxyl groups is 1. The minimum atomic E-state index is -1.34. The van der Waals surface area contributed by atoms with Crippen molar-refractivity contribution in [1.82, 2.24) is 5.32 Å². The maximum absolute atomic E-state index is 11.6. The minimum Gasteiger partial charge on any atom is -0.480 e. The average molecular weight is 238 g/mol. The Balaban J connectivity index is 2.68. The van der Waals surface area contributed by atoms with Gasteiger partial charge >= 0.3 is 5.97 Å². The van der Waals surface area contributed by atoms with E-state index in [2.05, 4.69) is 5.32 Å². The number of nitrogens with one attached hydrogen (secondary N) is 1. The van der Waals surface area contributed by atoms with Crippen molar-refractivity contribution in [1.29, 1.82) is 0 Å². The first kappa shape index (κ1) is 13.1. The van der Waals surface area contributed by atoms with Crippen molar-refractivity contribution in [3.63, 3.8) is 0 Å². The van der Waals surface area contributed by atoms with Gasteiger partial charge in [0.2, 0.25) is 5.91 Å². The van der Waals surface area contributed by atoms with Crippen LogP contribution in [0.25, 0.3) is 0 Å². The number of rotatable bonds is 5. The van der Waals surface area contributed by atoms with Gasteiger partial charge in [0.05, 0.1) is 6.61 Å². The Kier molecular flexibility index (Phi) is 4.62. The number of carboxylic acid groups (broad SMARTS) is 1. The second kappa shape index (κ2) is 5.97. The summed E-state index contributed by atoms with van der Waals surface area (Å²) in [7, 11) is 0. The molecule has 0 saturated heterocycles. The van der Waals surface area contributed by atoms with Crippen molar-refractivity contribution in [2.75, 3.05) is 6.61 Å². The standard InChI is InChI=1S/C11H14N2O4/c12-9(7-4-2-1-3-5-7)10(15)13-8(6-14)11(16)17/h1-5,8-9,14H,6,12H2,(H,13,15)(H,16,17)/t8-,9-/m1/s1. The third-order valence-electron chi connectivity index (χ3n) is 2.24. The summed E-state index contributed by atoms with van der Waals surface area (Å²) in [6, 6.07) is 6.27. The molecule has 2 atom stereocenters. The summed E-state index contributed by atoms with van der Waals surface area (Å²) in [5.74, 6) is -1.95. The Morgan fingerprint density at radius 2 is 1.88 bits per heavy atom. The number of nitrogens with two attached hydrogens (primary N) is 1. The Bertz CT molecular complexity index is 394. The van der Waals surface area contributed by atoms with Gasteiger partial charge in [0.15, 0.2) is 0 Å². The average Bonchev–Trinajstić information content (AvgIpc) is 2.35. The molecule has 1 aromatic carbocycles. The fraction of sp³-hybridized carbons (Fsp3) is 0.273. The lowest BCUT2D eigenvalue weighted by molar-refractivity contribution is -0.143. The van der Waals surface area contributed by atoms with Gasteiger partial charge in [0.1, 0.15) is 12.1 Å². The summed E-state index contributed by atoms with van der Waals surface area (Å²) < 4.78 is 0. The fourth-order valence-electron chi connectivity index (χ4n) is 1.26. The van der Waals surface area contributed by atoms with E-state index in [9.17, 15) is 9.59 Å². The van der Waals surface area contributed by atoms with E-state index in [1.165, 1.54) is 0 Å². The predicted octanol–water partition coefficient (Wildman–Crippen LogP) is -0.752. The number of benzene rings is 1. The lowest BCUT2D eigenvalue weighted by Gasteiger charge is -2.16. The van der Waals surface area contributed by atoms with Crippen LogP contribution in [0.2, 0.25) is 0 Å². The Morgan fingerprint density at radius 1 is 1.29 bits per heavy atom. The number of carbonyl (C=O) groups is 2. The lowest BCUT2D eigenvalue weighted by Crippen LogP contribution is -2.46. The lowest BCUT2D eigenvalue weighted by atomic mass is 10.1. The highest BCUT2D eigenvalue weighted by Crippen LogP contribution is 2.09. The second-order valence-corrected chi connectivity index (χ2v) is 3.47. The van der Waals surface area contributed by atoms with Gasteiger partial charge in [-0.2, -0.15) is 0 Å². The van der Waals surface area contributed by atoms with Gasteiger partial charge in [-0.1, -0.05) is 30.3 Å². The quantitative estimate of drug-likeness (QED) is 0.539. The molecule has 0 aliphatic rings. The molecular weight excluding hydrogens is 224 g/mol. The molecule has 1 rings (SSSR count). The van der Waals surface area contributed by atoms with E-state index < -0.39 is 30.6 Å². The second-order valence-electron chi connectivity index (χ2n) is 3.47. The van der Waals surface area contributed by atoms with Gasteiger partial charge in [-0.05, 0) is 5.56 Å². The van der Waals surface area contributed by atoms with Crippen LogP contribution in [0.5, 0.6) is 0 Å². The van der Waals surface area contributed by atoms with E-state index in [0.717, 1.165) is 0 Å². The molecule has 0 unspecified atom stereocenters. The molecule has 0 aliphatic heterocycles. The SMILES string of the molecule is N[C@@H](C(=O)N[C@H](CO)C(=O)O)c1ccccc1. The normalized spacial score (nSPS) is 13.8. The zero-order chi connectivity index (χ0) is 12.8. The van der Waals surface area contributed by atoms with E-state index in [4.69, 9.17) is 15.9 Å². The zero-order valence-electron chi connectivity index (χ0n) is 9.04. The van der Waals surface area contributed by atoms with Gasteiger partial charge in [-0.25, -0.2) is 4.79 Å². The molecule has 1 amide bonds. The molecule has 92 valence electrons. The van der Waals surface area contributed by atoms with Gasteiger partial charge in [0, 0.05) is 0 Å². The minimum absolute atomic E-state index is 0.576. The molecular formula is C11H14N2O4. The van der Waals surface area contributed by atoms with Crippen LogP contribution in [-0.2, 0) is 9.59 Å². The highest BCUT2D eigenvalue weighted by atomic mass is 16.4. The number of hydrogen-bond acceptors (Lipinski definition) is 4. The Labute approximate surface area is 98.1 Å². The van der Waals surface area contributed by atoms with Gasteiger partial charge in [-0.15, -0.1) is 0 Å². The largest absolute Gasteiger partial charge is 0.480 e. The Hall–Kier alpha value is -1.92. The molecule has 0 radical (unpaired) electrons. The highest BCUT2D eigenvalue weighted by molar-refractivity contribution is 5.87. The van der Waals surface area contributed by atoms with Crippen molar-refractivity contribution < 1.29 is 19.8 Å². The molecule has 6 heteroatoms. The topological polar surface area (TPSA) is 113 Å². The van der Waals surface area contributed by atoms with Crippen LogP contribution in [0.15, 0.2) is 30.3 Å². The molecule has 0 saturated carbocycles. The van der Waals surface area contributed by atoms with Gasteiger partial charge < -0.3 is 21.3 Å². The van der Waals surface area contributed by atoms with Crippen LogP contribution in [-0.4, -0.2) is 34.7 Å². The molecule has 0 heterocycles. The van der Waals surface area contributed by atoms with Crippen molar-refractivity contribution in [3.05, 3.63) is 35.9 Å². The number of carboxylic acids is 1. The van der Waals surface area contributed by atoms with Gasteiger partial charge in [0.25, 0.3) is 0 Å². The maximum Gasteiger partial charge on any atom is 0.328 e. The molecule has 0 fully saturated rings. The third-order valence-corrected chi connectivity index (χ3v) is 2.24. The van der Waals surface area contributed by atoms with Crippen molar-refractivity contribution in [2.45, 2.75) is 12.1 Å². The summed E-state index contributed by atoms with van der Waals surface area (Å²) in [4.78, 5) is 22.2.